The van der Waals surface area contributed by atoms with Gasteiger partial charge in [0, 0.05) is 5.25 Å². The van der Waals surface area contributed by atoms with E-state index in [1.165, 1.54) is 39.2 Å². The molecule has 1 fully saturated rings. The smallest absolute Gasteiger partial charge is 0.339 e. The summed E-state index contributed by atoms with van der Waals surface area (Å²) in [5, 5.41) is 1.71. The third-order valence-corrected chi connectivity index (χ3v) is 4.58. The molecular formula is C14H19NO2S. The van der Waals surface area contributed by atoms with Crippen LogP contribution in [0.5, 0.6) is 0 Å². The number of methoxy groups -OCH3 is 1. The van der Waals surface area contributed by atoms with E-state index < -0.39 is 0 Å². The summed E-state index contributed by atoms with van der Waals surface area (Å²) in [6.07, 6.45) is 6.59. The second-order valence-electron chi connectivity index (χ2n) is 4.65. The van der Waals surface area contributed by atoms with E-state index in [0.29, 0.717) is 10.8 Å². The van der Waals surface area contributed by atoms with E-state index in [2.05, 4.69) is 4.98 Å². The Morgan fingerprint density at radius 3 is 2.67 bits per heavy atom. The molecule has 2 rings (SSSR count). The lowest BCUT2D eigenvalue weighted by Gasteiger charge is -2.20. The van der Waals surface area contributed by atoms with Gasteiger partial charge < -0.3 is 4.74 Å². The Bertz CT molecular complexity index is 428. The molecule has 0 radical (unpaired) electrons. The van der Waals surface area contributed by atoms with Crippen molar-refractivity contribution in [1.29, 1.82) is 0 Å². The van der Waals surface area contributed by atoms with Gasteiger partial charge in [0.15, 0.2) is 0 Å². The maximum absolute atomic E-state index is 11.5. The predicted molar refractivity (Wildman–Crippen MR) is 73.0 cm³/mol. The minimum absolute atomic E-state index is 0.311. The van der Waals surface area contributed by atoms with E-state index in [1.54, 1.807) is 0 Å². The van der Waals surface area contributed by atoms with Crippen LogP contribution in [0.25, 0.3) is 0 Å². The summed E-state index contributed by atoms with van der Waals surface area (Å²) in [5.41, 5.74) is 1.31. The Morgan fingerprint density at radius 1 is 1.33 bits per heavy atom. The van der Waals surface area contributed by atoms with E-state index in [-0.39, 0.29) is 5.97 Å². The van der Waals surface area contributed by atoms with Crippen LogP contribution in [0.15, 0.2) is 17.2 Å². The lowest BCUT2D eigenvalue weighted by molar-refractivity contribution is 0.0599. The molecule has 3 nitrogen and oxygen atoms in total. The molecule has 1 aliphatic rings. The molecule has 0 aliphatic heterocycles. The van der Waals surface area contributed by atoms with E-state index in [1.807, 2.05) is 30.8 Å². The summed E-state index contributed by atoms with van der Waals surface area (Å²) in [7, 11) is 1.40. The number of aromatic nitrogens is 1. The molecule has 1 aliphatic carbocycles. The first-order chi connectivity index (χ1) is 8.70. The van der Waals surface area contributed by atoms with Gasteiger partial charge in [-0.15, -0.1) is 11.8 Å². The molecule has 0 bridgehead atoms. The first-order valence-electron chi connectivity index (χ1n) is 6.43. The fraction of sp³-hybridized carbons (Fsp3) is 0.571. The van der Waals surface area contributed by atoms with Gasteiger partial charge in [-0.2, -0.15) is 0 Å². The van der Waals surface area contributed by atoms with Crippen molar-refractivity contribution in [3.8, 4) is 0 Å². The van der Waals surface area contributed by atoms with Gasteiger partial charge in [-0.05, 0) is 31.9 Å². The van der Waals surface area contributed by atoms with Crippen molar-refractivity contribution in [2.24, 2.45) is 0 Å². The van der Waals surface area contributed by atoms with Crippen LogP contribution in [0.2, 0.25) is 0 Å². The van der Waals surface area contributed by atoms with Crippen LogP contribution in [0, 0.1) is 6.92 Å². The molecule has 1 saturated carbocycles. The van der Waals surface area contributed by atoms with Crippen molar-refractivity contribution in [2.45, 2.75) is 49.3 Å². The fourth-order valence-corrected chi connectivity index (χ4v) is 3.53. The Hall–Kier alpha value is -1.03. The number of thioether (sulfide) groups is 1. The van der Waals surface area contributed by atoms with Gasteiger partial charge in [-0.25, -0.2) is 9.78 Å². The van der Waals surface area contributed by atoms with Crippen molar-refractivity contribution in [2.75, 3.05) is 7.11 Å². The molecule has 1 aromatic rings. The summed E-state index contributed by atoms with van der Waals surface area (Å²) in [6.45, 7) is 1.86. The van der Waals surface area contributed by atoms with E-state index >= 15 is 0 Å². The second-order valence-corrected chi connectivity index (χ2v) is 5.97. The summed E-state index contributed by atoms with van der Waals surface area (Å²) in [4.78, 5) is 16.0. The topological polar surface area (TPSA) is 39.2 Å². The monoisotopic (exact) mass is 265 g/mol. The predicted octanol–water partition coefficient (Wildman–Crippen LogP) is 3.60. The summed E-state index contributed by atoms with van der Waals surface area (Å²) < 4.78 is 4.72. The summed E-state index contributed by atoms with van der Waals surface area (Å²) in [5.74, 6) is -0.311. The highest BCUT2D eigenvalue weighted by molar-refractivity contribution is 7.99. The Balaban J connectivity index is 2.06. The number of hydrogen-bond acceptors (Lipinski definition) is 4. The number of rotatable bonds is 3. The van der Waals surface area contributed by atoms with Crippen LogP contribution in [-0.4, -0.2) is 23.3 Å². The molecular weight excluding hydrogens is 246 g/mol. The number of ether oxygens (including phenoxy) is 1. The molecule has 0 saturated heterocycles. The zero-order chi connectivity index (χ0) is 13.0. The number of esters is 1. The standard InChI is InChI=1S/C14H19NO2S/c1-10-12(14(16)17-2)8-9-13(15-10)18-11-6-4-3-5-7-11/h8-9,11H,3-7H2,1-2H3. The molecule has 4 heteroatoms. The zero-order valence-electron chi connectivity index (χ0n) is 10.9. The fourth-order valence-electron chi connectivity index (χ4n) is 2.28. The first kappa shape index (κ1) is 13.4. The van der Waals surface area contributed by atoms with Gasteiger partial charge in [0.1, 0.15) is 0 Å². The van der Waals surface area contributed by atoms with Crippen molar-refractivity contribution in [3.05, 3.63) is 23.4 Å². The van der Waals surface area contributed by atoms with Crippen molar-refractivity contribution < 1.29 is 9.53 Å². The number of nitrogens with zero attached hydrogens (tertiary/aromatic N) is 1. The molecule has 98 valence electrons. The number of aryl methyl sites for hydroxylation is 1. The highest BCUT2D eigenvalue weighted by Gasteiger charge is 2.16. The van der Waals surface area contributed by atoms with Crippen LogP contribution in [0.3, 0.4) is 0 Å². The molecule has 0 atom stereocenters. The maximum atomic E-state index is 11.5. The van der Waals surface area contributed by atoms with Gasteiger partial charge in [-0.3, -0.25) is 0 Å². The number of carbonyl (C=O) groups excluding carboxylic acids is 1. The second kappa shape index (κ2) is 6.23. The molecule has 0 N–H and O–H groups in total. The largest absolute Gasteiger partial charge is 0.465 e. The number of hydrogen-bond donors (Lipinski definition) is 0. The van der Waals surface area contributed by atoms with Crippen LogP contribution >= 0.6 is 11.8 Å². The van der Waals surface area contributed by atoms with Crippen LogP contribution < -0.4 is 0 Å². The van der Waals surface area contributed by atoms with Crippen molar-refractivity contribution >= 4 is 17.7 Å². The van der Waals surface area contributed by atoms with E-state index in [0.717, 1.165) is 10.7 Å². The quantitative estimate of drug-likeness (QED) is 0.783. The van der Waals surface area contributed by atoms with Crippen molar-refractivity contribution in [1.82, 2.24) is 4.98 Å². The van der Waals surface area contributed by atoms with Gasteiger partial charge in [-0.1, -0.05) is 19.3 Å². The molecule has 0 aromatic carbocycles. The molecule has 1 aromatic heterocycles. The van der Waals surface area contributed by atoms with E-state index in [4.69, 9.17) is 4.74 Å². The lowest BCUT2D eigenvalue weighted by Crippen LogP contribution is -2.09. The molecule has 0 spiro atoms. The third-order valence-electron chi connectivity index (χ3n) is 3.31. The minimum atomic E-state index is -0.311. The first-order valence-corrected chi connectivity index (χ1v) is 7.31. The molecule has 18 heavy (non-hydrogen) atoms. The average molecular weight is 265 g/mol. The average Bonchev–Trinajstić information content (AvgIpc) is 2.39. The van der Waals surface area contributed by atoms with Gasteiger partial charge in [0.2, 0.25) is 0 Å². The SMILES string of the molecule is COC(=O)c1ccc(SC2CCCCC2)nc1C. The number of pyridine rings is 1. The van der Waals surface area contributed by atoms with E-state index in [9.17, 15) is 4.79 Å². The number of carbonyl (C=O) groups is 1. The van der Waals surface area contributed by atoms with Gasteiger partial charge >= 0.3 is 5.97 Å². The highest BCUT2D eigenvalue weighted by atomic mass is 32.2. The molecule has 0 unspecified atom stereocenters. The third kappa shape index (κ3) is 3.25. The van der Waals surface area contributed by atoms with Gasteiger partial charge in [0.05, 0.1) is 23.4 Å². The minimum Gasteiger partial charge on any atom is -0.465 e. The Kier molecular flexibility index (Phi) is 4.64. The normalized spacial score (nSPS) is 16.6. The molecule has 1 heterocycles. The Labute approximate surface area is 112 Å². The molecule has 0 amide bonds. The summed E-state index contributed by atoms with van der Waals surface area (Å²) in [6, 6.07) is 3.75. The highest BCUT2D eigenvalue weighted by Crippen LogP contribution is 2.32. The Morgan fingerprint density at radius 2 is 2.06 bits per heavy atom. The summed E-state index contributed by atoms with van der Waals surface area (Å²) >= 11 is 1.84. The van der Waals surface area contributed by atoms with Crippen LogP contribution in [0.1, 0.15) is 48.2 Å². The lowest BCUT2D eigenvalue weighted by atomic mass is 10.0. The van der Waals surface area contributed by atoms with Gasteiger partial charge in [0.25, 0.3) is 0 Å². The maximum Gasteiger partial charge on any atom is 0.339 e. The van der Waals surface area contributed by atoms with Crippen molar-refractivity contribution in [3.63, 3.8) is 0 Å². The zero-order valence-corrected chi connectivity index (χ0v) is 11.8. The van der Waals surface area contributed by atoms with Crippen LogP contribution in [-0.2, 0) is 4.74 Å². The van der Waals surface area contributed by atoms with Crippen LogP contribution in [0.4, 0.5) is 0 Å².